The Labute approximate surface area is 274 Å². The lowest BCUT2D eigenvalue weighted by molar-refractivity contribution is -0.145. The number of esters is 1. The van der Waals surface area contributed by atoms with Gasteiger partial charge in [0.25, 0.3) is 0 Å². The largest absolute Gasteiger partial charge is 0.493 e. The van der Waals surface area contributed by atoms with E-state index in [0.29, 0.717) is 30.8 Å². The van der Waals surface area contributed by atoms with Crippen LogP contribution in [-0.2, 0) is 9.53 Å². The van der Waals surface area contributed by atoms with Gasteiger partial charge in [0.2, 0.25) is 0 Å². The van der Waals surface area contributed by atoms with Crippen molar-refractivity contribution >= 4 is 65.5 Å². The lowest BCUT2D eigenvalue weighted by atomic mass is 10.1. The molecule has 5 nitrogen and oxygen atoms in total. The fourth-order valence-electron chi connectivity index (χ4n) is 3.31. The molecule has 0 saturated carbocycles. The van der Waals surface area contributed by atoms with Crippen molar-refractivity contribution in [3.05, 3.63) is 73.1 Å². The van der Waals surface area contributed by atoms with Crippen LogP contribution in [0.25, 0.3) is 0 Å². The minimum absolute atomic E-state index is 0.0806. The second-order valence-electron chi connectivity index (χ2n) is 10.2. The second kappa shape index (κ2) is 18.1. The third kappa shape index (κ3) is 13.9. The van der Waals surface area contributed by atoms with Crippen molar-refractivity contribution in [2.75, 3.05) is 26.4 Å². The van der Waals surface area contributed by atoms with Gasteiger partial charge in [0.05, 0.1) is 19.8 Å². The smallest absolute Gasteiger partial charge is 0.344 e. The molecule has 3 aromatic rings. The second-order valence-corrected chi connectivity index (χ2v) is 14.1. The van der Waals surface area contributed by atoms with Gasteiger partial charge in [0, 0.05) is 23.2 Å². The van der Waals surface area contributed by atoms with E-state index in [0.717, 1.165) is 52.4 Å². The summed E-state index contributed by atoms with van der Waals surface area (Å²) < 4.78 is 25.0. The average Bonchev–Trinajstić information content (AvgIpc) is 2.87. The number of carbonyl (C=O) groups is 1. The topological polar surface area (TPSA) is 54.0 Å². The van der Waals surface area contributed by atoms with Crippen LogP contribution in [0.1, 0.15) is 45.7 Å². The molecule has 0 unspecified atom stereocenters. The Morgan fingerprint density at radius 3 is 1.80 bits per heavy atom. The first kappa shape index (κ1) is 35.5. The van der Waals surface area contributed by atoms with E-state index >= 15 is 0 Å². The zero-order valence-electron chi connectivity index (χ0n) is 24.7. The monoisotopic (exact) mass is 772 g/mol. The molecule has 3 aromatic carbocycles. The Balaban J connectivity index is 0.000000377. The highest BCUT2D eigenvalue weighted by atomic mass is 79.9. The van der Waals surface area contributed by atoms with E-state index in [1.807, 2.05) is 44.2 Å². The Morgan fingerprint density at radius 1 is 0.732 bits per heavy atom. The van der Waals surface area contributed by atoms with Gasteiger partial charge in [-0.2, -0.15) is 0 Å². The van der Waals surface area contributed by atoms with E-state index in [1.165, 1.54) is 0 Å². The summed E-state index contributed by atoms with van der Waals surface area (Å²) in [5.41, 5.74) is 2.06. The summed E-state index contributed by atoms with van der Waals surface area (Å²) in [6, 6.07) is 16.1. The molecule has 0 atom stereocenters. The van der Waals surface area contributed by atoms with Crippen LogP contribution in [0.5, 0.6) is 17.2 Å². The highest BCUT2D eigenvalue weighted by Gasteiger charge is 2.11. The van der Waals surface area contributed by atoms with Crippen LogP contribution in [0.3, 0.4) is 0 Å². The minimum Gasteiger partial charge on any atom is -0.493 e. The zero-order valence-corrected chi connectivity index (χ0v) is 30.3. The predicted octanol–water partition coefficient (Wildman–Crippen LogP) is 10.4. The first-order valence-corrected chi connectivity index (χ1v) is 16.7. The van der Waals surface area contributed by atoms with E-state index in [2.05, 4.69) is 93.7 Å². The van der Waals surface area contributed by atoms with Gasteiger partial charge in [0.15, 0.2) is 6.61 Å². The predicted molar refractivity (Wildman–Crippen MR) is 179 cm³/mol. The van der Waals surface area contributed by atoms with Crippen molar-refractivity contribution in [3.63, 3.8) is 0 Å². The standard InChI is InChI=1S/C22H27BrO4S.C10H12Br2O/c1-6-25-22(24)13-27-20-7-16(5)21(8-15(20)4)28-19-10-17(23)9-18(11-19)26-12-14(2)3;1-7(2)6-13-10-4-8(11)3-9(12)5-10/h7-11,14H,6,12-13H2,1-5H3;3-5,7H,6H2,1-2H3. The number of rotatable bonds is 12. The Hall–Kier alpha value is -1.68. The Morgan fingerprint density at radius 2 is 1.27 bits per heavy atom. The molecule has 0 aliphatic carbocycles. The molecule has 0 spiro atoms. The van der Waals surface area contributed by atoms with Gasteiger partial charge in [-0.15, -0.1) is 0 Å². The summed E-state index contributed by atoms with van der Waals surface area (Å²) in [6.45, 7) is 16.0. The number of carbonyl (C=O) groups excluding carboxylic acids is 1. The quantitative estimate of drug-likeness (QED) is 0.171. The molecular weight excluding hydrogens is 736 g/mol. The highest BCUT2D eigenvalue weighted by molar-refractivity contribution is 9.11. The summed E-state index contributed by atoms with van der Waals surface area (Å²) >= 11 is 12.1. The number of hydrogen-bond acceptors (Lipinski definition) is 6. The van der Waals surface area contributed by atoms with E-state index < -0.39 is 0 Å². The van der Waals surface area contributed by atoms with Crippen molar-refractivity contribution in [1.82, 2.24) is 0 Å². The van der Waals surface area contributed by atoms with Crippen LogP contribution in [0.2, 0.25) is 0 Å². The van der Waals surface area contributed by atoms with Crippen molar-refractivity contribution < 1.29 is 23.7 Å². The van der Waals surface area contributed by atoms with Crippen molar-refractivity contribution in [2.45, 2.75) is 58.3 Å². The van der Waals surface area contributed by atoms with Crippen LogP contribution in [0, 0.1) is 25.7 Å². The van der Waals surface area contributed by atoms with Crippen LogP contribution in [0.4, 0.5) is 0 Å². The molecule has 0 saturated heterocycles. The summed E-state index contributed by atoms with van der Waals surface area (Å²) in [4.78, 5) is 13.7. The third-order valence-electron chi connectivity index (χ3n) is 5.20. The van der Waals surface area contributed by atoms with Gasteiger partial charge in [-0.3, -0.25) is 0 Å². The summed E-state index contributed by atoms with van der Waals surface area (Å²) in [5.74, 6) is 3.12. The molecule has 0 bridgehead atoms. The van der Waals surface area contributed by atoms with Crippen LogP contribution >= 0.6 is 59.6 Å². The fourth-order valence-corrected chi connectivity index (χ4v) is 6.26. The molecule has 0 amide bonds. The molecule has 0 aliphatic rings. The van der Waals surface area contributed by atoms with Crippen LogP contribution in [0.15, 0.2) is 71.7 Å². The normalized spacial score (nSPS) is 10.7. The van der Waals surface area contributed by atoms with E-state index in [1.54, 1.807) is 18.7 Å². The van der Waals surface area contributed by atoms with Crippen molar-refractivity contribution in [1.29, 1.82) is 0 Å². The third-order valence-corrected chi connectivity index (χ3v) is 7.70. The van der Waals surface area contributed by atoms with E-state index in [4.69, 9.17) is 18.9 Å². The minimum atomic E-state index is -0.360. The summed E-state index contributed by atoms with van der Waals surface area (Å²) in [5, 5.41) is 0. The maximum absolute atomic E-state index is 11.5. The molecular formula is C32H39Br3O5S. The summed E-state index contributed by atoms with van der Waals surface area (Å²) in [6.07, 6.45) is 0. The molecule has 0 heterocycles. The first-order chi connectivity index (χ1) is 19.4. The van der Waals surface area contributed by atoms with Gasteiger partial charge in [-0.25, -0.2) is 4.79 Å². The first-order valence-electron chi connectivity index (χ1n) is 13.5. The molecule has 41 heavy (non-hydrogen) atoms. The SMILES string of the molecule is CC(C)COc1cc(Br)cc(Br)c1.CCOC(=O)COc1cc(C)c(Sc2cc(Br)cc(OCC(C)C)c2)cc1C. The molecule has 0 radical (unpaired) electrons. The molecule has 0 aliphatic heterocycles. The number of ether oxygens (including phenoxy) is 4. The number of halogens is 3. The number of hydrogen-bond donors (Lipinski definition) is 0. The number of aryl methyl sites for hydroxylation is 2. The Kier molecular flexibility index (Phi) is 15.7. The number of benzene rings is 3. The lowest BCUT2D eigenvalue weighted by Crippen LogP contribution is -2.15. The Bertz CT molecular complexity index is 1260. The molecule has 224 valence electrons. The van der Waals surface area contributed by atoms with Gasteiger partial charge in [-0.05, 0) is 92.3 Å². The van der Waals surface area contributed by atoms with Crippen LogP contribution < -0.4 is 14.2 Å². The maximum atomic E-state index is 11.5. The van der Waals surface area contributed by atoms with Crippen molar-refractivity contribution in [2.24, 2.45) is 11.8 Å². The maximum Gasteiger partial charge on any atom is 0.344 e. The average molecular weight is 775 g/mol. The van der Waals surface area contributed by atoms with Crippen LogP contribution in [-0.4, -0.2) is 32.4 Å². The van der Waals surface area contributed by atoms with E-state index in [9.17, 15) is 4.79 Å². The van der Waals surface area contributed by atoms with Crippen molar-refractivity contribution in [3.8, 4) is 17.2 Å². The molecule has 3 rings (SSSR count). The molecule has 9 heteroatoms. The molecule has 0 aromatic heterocycles. The lowest BCUT2D eigenvalue weighted by Gasteiger charge is -2.14. The molecule has 0 fully saturated rings. The fraction of sp³-hybridized carbons (Fsp3) is 0.406. The molecule has 0 N–H and O–H groups in total. The van der Waals surface area contributed by atoms with Gasteiger partial charge < -0.3 is 18.9 Å². The summed E-state index contributed by atoms with van der Waals surface area (Å²) in [7, 11) is 0. The van der Waals surface area contributed by atoms with Gasteiger partial charge >= 0.3 is 5.97 Å². The highest BCUT2D eigenvalue weighted by Crippen LogP contribution is 2.37. The zero-order chi connectivity index (χ0) is 30.5. The van der Waals surface area contributed by atoms with E-state index in [-0.39, 0.29) is 12.6 Å². The van der Waals surface area contributed by atoms with Gasteiger partial charge in [-0.1, -0.05) is 87.2 Å². The van der Waals surface area contributed by atoms with Gasteiger partial charge in [0.1, 0.15) is 17.2 Å².